The number of carbonyl (C=O) groups excluding carboxylic acids is 1. The van der Waals surface area contributed by atoms with Crippen LogP contribution in [0.2, 0.25) is 0 Å². The molecule has 0 fully saturated rings. The minimum absolute atomic E-state index is 0.275. The summed E-state index contributed by atoms with van der Waals surface area (Å²) in [6.45, 7) is 4.19. The third kappa shape index (κ3) is 3.45. The minimum atomic E-state index is -0.532. The van der Waals surface area contributed by atoms with E-state index in [0.717, 1.165) is 11.3 Å². The number of nitrogens with one attached hydrogen (secondary N) is 1. The summed E-state index contributed by atoms with van der Waals surface area (Å²) in [5, 5.41) is 3.12. The molecule has 0 spiro atoms. The smallest absolute Gasteiger partial charge is 0.248 e. The Labute approximate surface area is 116 Å². The van der Waals surface area contributed by atoms with Crippen LogP contribution in [-0.2, 0) is 11.3 Å². The first kappa shape index (κ1) is 13.8. The molecule has 0 bridgehead atoms. The van der Waals surface area contributed by atoms with Gasteiger partial charge in [-0.2, -0.15) is 0 Å². The Hall–Kier alpha value is -2.62. The summed E-state index contributed by atoms with van der Waals surface area (Å²) in [4.78, 5) is 11.0. The van der Waals surface area contributed by atoms with Crippen molar-refractivity contribution in [3.63, 3.8) is 0 Å². The molecular weight excluding hydrogens is 255 g/mol. The highest BCUT2D eigenvalue weighted by molar-refractivity contribution is 6.17. The molecule has 0 saturated heterocycles. The van der Waals surface area contributed by atoms with Crippen molar-refractivity contribution in [1.29, 1.82) is 0 Å². The van der Waals surface area contributed by atoms with Crippen molar-refractivity contribution in [2.75, 3.05) is 5.32 Å². The average molecular weight is 270 g/mol. The molecule has 0 atom stereocenters. The van der Waals surface area contributed by atoms with Gasteiger partial charge in [0.05, 0.1) is 0 Å². The molecule has 3 N–H and O–H groups in total. The van der Waals surface area contributed by atoms with Gasteiger partial charge in [0, 0.05) is 17.8 Å². The second-order valence-electron chi connectivity index (χ2n) is 4.40. The number of anilines is 1. The molecule has 2 aromatic carbocycles. The molecule has 0 aliphatic rings. The van der Waals surface area contributed by atoms with E-state index in [1.165, 1.54) is 12.1 Å². The fourth-order valence-electron chi connectivity index (χ4n) is 1.77. The highest BCUT2D eigenvalue weighted by atomic mass is 19.1. The second kappa shape index (κ2) is 6.02. The van der Waals surface area contributed by atoms with E-state index in [-0.39, 0.29) is 11.4 Å². The summed E-state index contributed by atoms with van der Waals surface area (Å²) in [7, 11) is 0. The first-order chi connectivity index (χ1) is 9.56. The first-order valence-corrected chi connectivity index (χ1v) is 6.14. The molecule has 0 heterocycles. The van der Waals surface area contributed by atoms with E-state index in [1.807, 2.05) is 12.1 Å². The SMILES string of the molecule is C=C(C(N)=O)c1ccc(CNc2cccc(F)c2)cc1. The maximum Gasteiger partial charge on any atom is 0.248 e. The number of hydrogen-bond donors (Lipinski definition) is 2. The number of amides is 1. The van der Waals surface area contributed by atoms with Crippen LogP contribution >= 0.6 is 0 Å². The summed E-state index contributed by atoms with van der Waals surface area (Å²) >= 11 is 0. The van der Waals surface area contributed by atoms with Gasteiger partial charge in [-0.3, -0.25) is 4.79 Å². The van der Waals surface area contributed by atoms with Crippen LogP contribution in [0.25, 0.3) is 5.57 Å². The first-order valence-electron chi connectivity index (χ1n) is 6.14. The highest BCUT2D eigenvalue weighted by Crippen LogP contribution is 2.15. The summed E-state index contributed by atoms with van der Waals surface area (Å²) in [6.07, 6.45) is 0. The number of primary amides is 1. The number of hydrogen-bond acceptors (Lipinski definition) is 2. The quantitative estimate of drug-likeness (QED) is 0.821. The van der Waals surface area contributed by atoms with E-state index in [9.17, 15) is 9.18 Å². The van der Waals surface area contributed by atoms with Crippen LogP contribution in [0.1, 0.15) is 11.1 Å². The summed E-state index contributed by atoms with van der Waals surface area (Å²) < 4.78 is 13.0. The zero-order valence-corrected chi connectivity index (χ0v) is 10.9. The normalized spacial score (nSPS) is 10.1. The van der Waals surface area contributed by atoms with Crippen molar-refractivity contribution in [2.24, 2.45) is 5.73 Å². The molecule has 1 amide bonds. The van der Waals surface area contributed by atoms with Gasteiger partial charge in [-0.05, 0) is 29.3 Å². The number of carbonyl (C=O) groups is 1. The number of benzene rings is 2. The van der Waals surface area contributed by atoms with E-state index < -0.39 is 5.91 Å². The Morgan fingerprint density at radius 1 is 1.20 bits per heavy atom. The van der Waals surface area contributed by atoms with Crippen molar-refractivity contribution >= 4 is 17.2 Å². The van der Waals surface area contributed by atoms with Gasteiger partial charge in [-0.25, -0.2) is 4.39 Å². The number of nitrogens with two attached hydrogens (primary N) is 1. The average Bonchev–Trinajstić information content (AvgIpc) is 2.45. The summed E-state index contributed by atoms with van der Waals surface area (Å²) in [5.41, 5.74) is 7.88. The molecule has 0 unspecified atom stereocenters. The van der Waals surface area contributed by atoms with Gasteiger partial charge < -0.3 is 11.1 Å². The fraction of sp³-hybridized carbons (Fsp3) is 0.0625. The minimum Gasteiger partial charge on any atom is -0.381 e. The number of halogens is 1. The van der Waals surface area contributed by atoms with Gasteiger partial charge >= 0.3 is 0 Å². The third-order valence-corrected chi connectivity index (χ3v) is 2.92. The van der Waals surface area contributed by atoms with E-state index in [2.05, 4.69) is 11.9 Å². The molecule has 20 heavy (non-hydrogen) atoms. The van der Waals surface area contributed by atoms with Crippen LogP contribution < -0.4 is 11.1 Å². The lowest BCUT2D eigenvalue weighted by Gasteiger charge is -2.08. The molecule has 0 saturated carbocycles. The molecule has 102 valence electrons. The molecule has 4 heteroatoms. The monoisotopic (exact) mass is 270 g/mol. The van der Waals surface area contributed by atoms with Crippen LogP contribution in [0.15, 0.2) is 55.1 Å². The maximum absolute atomic E-state index is 13.0. The highest BCUT2D eigenvalue weighted by Gasteiger charge is 2.04. The molecule has 0 aliphatic carbocycles. The van der Waals surface area contributed by atoms with Crippen molar-refractivity contribution in [3.8, 4) is 0 Å². The summed E-state index contributed by atoms with van der Waals surface area (Å²) in [6, 6.07) is 13.6. The lowest BCUT2D eigenvalue weighted by molar-refractivity contribution is -0.112. The largest absolute Gasteiger partial charge is 0.381 e. The van der Waals surface area contributed by atoms with Crippen LogP contribution in [0.4, 0.5) is 10.1 Å². The van der Waals surface area contributed by atoms with Crippen molar-refractivity contribution < 1.29 is 9.18 Å². The Kier molecular flexibility index (Phi) is 4.15. The molecule has 0 radical (unpaired) electrons. The predicted octanol–water partition coefficient (Wildman–Crippen LogP) is 2.94. The maximum atomic E-state index is 13.0. The Morgan fingerprint density at radius 3 is 2.50 bits per heavy atom. The zero-order valence-electron chi connectivity index (χ0n) is 10.9. The van der Waals surface area contributed by atoms with Gasteiger partial charge in [0.1, 0.15) is 5.82 Å². The molecule has 0 aliphatic heterocycles. The van der Waals surface area contributed by atoms with Gasteiger partial charge in [-0.1, -0.05) is 36.9 Å². The van der Waals surface area contributed by atoms with Crippen LogP contribution in [0, 0.1) is 5.82 Å². The standard InChI is InChI=1S/C16H15FN2O/c1-11(16(18)20)13-7-5-12(6-8-13)10-19-15-4-2-3-14(17)9-15/h2-9,19H,1,10H2,(H2,18,20). The van der Waals surface area contributed by atoms with E-state index >= 15 is 0 Å². The third-order valence-electron chi connectivity index (χ3n) is 2.92. The summed E-state index contributed by atoms with van der Waals surface area (Å²) in [5.74, 6) is -0.807. The van der Waals surface area contributed by atoms with Gasteiger partial charge in [0.2, 0.25) is 5.91 Å². The lowest BCUT2D eigenvalue weighted by Crippen LogP contribution is -2.11. The van der Waals surface area contributed by atoms with Crippen LogP contribution in [0.3, 0.4) is 0 Å². The molecule has 2 aromatic rings. The fourth-order valence-corrected chi connectivity index (χ4v) is 1.77. The molecule has 0 aromatic heterocycles. The van der Waals surface area contributed by atoms with Crippen molar-refractivity contribution in [2.45, 2.75) is 6.54 Å². The Balaban J connectivity index is 2.01. The van der Waals surface area contributed by atoms with E-state index in [0.29, 0.717) is 12.1 Å². The zero-order chi connectivity index (χ0) is 14.5. The van der Waals surface area contributed by atoms with Crippen LogP contribution in [-0.4, -0.2) is 5.91 Å². The molecule has 3 nitrogen and oxygen atoms in total. The lowest BCUT2D eigenvalue weighted by atomic mass is 10.1. The second-order valence-corrected chi connectivity index (χ2v) is 4.40. The van der Waals surface area contributed by atoms with Gasteiger partial charge in [-0.15, -0.1) is 0 Å². The van der Waals surface area contributed by atoms with E-state index in [1.54, 1.807) is 24.3 Å². The van der Waals surface area contributed by atoms with Crippen LogP contribution in [0.5, 0.6) is 0 Å². The Bertz CT molecular complexity index is 635. The van der Waals surface area contributed by atoms with Gasteiger partial charge in [0.15, 0.2) is 0 Å². The van der Waals surface area contributed by atoms with Crippen molar-refractivity contribution in [1.82, 2.24) is 0 Å². The topological polar surface area (TPSA) is 55.1 Å². The van der Waals surface area contributed by atoms with Gasteiger partial charge in [0.25, 0.3) is 0 Å². The van der Waals surface area contributed by atoms with Crippen molar-refractivity contribution in [3.05, 3.63) is 72.1 Å². The number of rotatable bonds is 5. The molecule has 2 rings (SSSR count). The predicted molar refractivity (Wildman–Crippen MR) is 78.4 cm³/mol. The Morgan fingerprint density at radius 2 is 1.90 bits per heavy atom. The van der Waals surface area contributed by atoms with E-state index in [4.69, 9.17) is 5.73 Å². The molecular formula is C16H15FN2O.